The molecule has 2 rings (SSSR count). The third-order valence-corrected chi connectivity index (χ3v) is 2.61. The summed E-state index contributed by atoms with van der Waals surface area (Å²) in [6.07, 6.45) is 1.91. The van der Waals surface area contributed by atoms with Crippen molar-refractivity contribution in [3.63, 3.8) is 0 Å². The van der Waals surface area contributed by atoms with E-state index in [-0.39, 0.29) is 0 Å². The molecule has 0 N–H and O–H groups in total. The minimum atomic E-state index is 0.562. The average molecular weight is 221 g/mol. The second-order valence-corrected chi connectivity index (χ2v) is 4.06. The van der Waals surface area contributed by atoms with Gasteiger partial charge in [-0.3, -0.25) is 0 Å². The highest BCUT2D eigenvalue weighted by molar-refractivity contribution is 6.34. The summed E-state index contributed by atoms with van der Waals surface area (Å²) in [5.41, 5.74) is 2.11. The van der Waals surface area contributed by atoms with Crippen molar-refractivity contribution in [2.75, 3.05) is 0 Å². The summed E-state index contributed by atoms with van der Waals surface area (Å²) in [6.45, 7) is 4.15. The highest BCUT2D eigenvalue weighted by atomic mass is 35.5. The Morgan fingerprint density at radius 1 is 1.27 bits per heavy atom. The van der Waals surface area contributed by atoms with Gasteiger partial charge in [0.2, 0.25) is 0 Å². The Labute approximate surface area is 94.3 Å². The third kappa shape index (κ3) is 2.10. The largest absolute Gasteiger partial charge is 0.233 e. The molecule has 0 unspecified atom stereocenters. The van der Waals surface area contributed by atoms with Gasteiger partial charge in [0.25, 0.3) is 0 Å². The van der Waals surface area contributed by atoms with Crippen molar-refractivity contribution in [1.82, 2.24) is 9.97 Å². The maximum atomic E-state index is 6.12. The molecular weight excluding hydrogens is 208 g/mol. The van der Waals surface area contributed by atoms with E-state index in [2.05, 4.69) is 16.9 Å². The number of hydrogen-bond acceptors (Lipinski definition) is 2. The first-order valence-electron chi connectivity index (χ1n) is 5.13. The van der Waals surface area contributed by atoms with Gasteiger partial charge in [-0.25, -0.2) is 9.97 Å². The summed E-state index contributed by atoms with van der Waals surface area (Å²) >= 11 is 6.12. The second kappa shape index (κ2) is 4.15. The Morgan fingerprint density at radius 3 is 2.80 bits per heavy atom. The molecule has 0 amide bonds. The quantitative estimate of drug-likeness (QED) is 0.724. The van der Waals surface area contributed by atoms with E-state index >= 15 is 0 Å². The smallest absolute Gasteiger partial charge is 0.140 e. The lowest BCUT2D eigenvalue weighted by molar-refractivity contribution is 0.844. The van der Waals surface area contributed by atoms with Crippen molar-refractivity contribution >= 4 is 22.5 Å². The zero-order valence-electron chi connectivity index (χ0n) is 8.92. The van der Waals surface area contributed by atoms with Crippen molar-refractivity contribution in [2.45, 2.75) is 26.7 Å². The van der Waals surface area contributed by atoms with E-state index in [1.54, 1.807) is 0 Å². The molecule has 0 atom stereocenters. The Balaban J connectivity index is 2.62. The van der Waals surface area contributed by atoms with Gasteiger partial charge in [-0.05, 0) is 25.5 Å². The van der Waals surface area contributed by atoms with Crippen LogP contribution >= 0.6 is 11.6 Å². The van der Waals surface area contributed by atoms with Crippen LogP contribution in [0.3, 0.4) is 0 Å². The highest BCUT2D eigenvalue weighted by Gasteiger charge is 2.05. The molecule has 0 aliphatic carbocycles. The zero-order chi connectivity index (χ0) is 10.8. The minimum absolute atomic E-state index is 0.562. The molecule has 2 nitrogen and oxygen atoms in total. The maximum absolute atomic E-state index is 6.12. The number of halogens is 1. The number of rotatable bonds is 2. The van der Waals surface area contributed by atoms with Gasteiger partial charge in [0.15, 0.2) is 0 Å². The van der Waals surface area contributed by atoms with Crippen LogP contribution in [0.2, 0.25) is 5.15 Å². The van der Waals surface area contributed by atoms with Crippen LogP contribution in [0.15, 0.2) is 18.2 Å². The minimum Gasteiger partial charge on any atom is -0.233 e. The molecule has 0 saturated carbocycles. The number of aromatic nitrogens is 2. The van der Waals surface area contributed by atoms with Gasteiger partial charge in [0, 0.05) is 11.8 Å². The Bertz CT molecular complexity index is 494. The summed E-state index contributed by atoms with van der Waals surface area (Å²) in [5, 5.41) is 1.50. The molecule has 0 bridgehead atoms. The van der Waals surface area contributed by atoms with Crippen LogP contribution in [0.4, 0.5) is 0 Å². The van der Waals surface area contributed by atoms with Crippen LogP contribution in [-0.4, -0.2) is 9.97 Å². The summed E-state index contributed by atoms with van der Waals surface area (Å²) in [6, 6.07) is 6.06. The SMILES string of the molecule is CCCc1nc(Cl)c2cc(C)ccc2n1. The van der Waals surface area contributed by atoms with E-state index in [0.29, 0.717) is 5.15 Å². The molecule has 1 aromatic carbocycles. The van der Waals surface area contributed by atoms with Gasteiger partial charge in [-0.15, -0.1) is 0 Å². The van der Waals surface area contributed by atoms with E-state index < -0.39 is 0 Å². The molecule has 0 aliphatic heterocycles. The molecule has 3 heteroatoms. The highest BCUT2D eigenvalue weighted by Crippen LogP contribution is 2.21. The number of fused-ring (bicyclic) bond motifs is 1. The van der Waals surface area contributed by atoms with Gasteiger partial charge in [0.05, 0.1) is 5.52 Å². The summed E-state index contributed by atoms with van der Waals surface area (Å²) in [5.74, 6) is 0.832. The third-order valence-electron chi connectivity index (χ3n) is 2.32. The molecular formula is C12H13ClN2. The Morgan fingerprint density at radius 2 is 2.07 bits per heavy atom. The number of aryl methyl sites for hydroxylation is 2. The van der Waals surface area contributed by atoms with Crippen molar-refractivity contribution in [2.24, 2.45) is 0 Å². The predicted octanol–water partition coefficient (Wildman–Crippen LogP) is 3.54. The Kier molecular flexibility index (Phi) is 2.87. The van der Waals surface area contributed by atoms with Crippen LogP contribution in [0.1, 0.15) is 24.7 Å². The van der Waals surface area contributed by atoms with Gasteiger partial charge in [-0.2, -0.15) is 0 Å². The predicted molar refractivity (Wildman–Crippen MR) is 63.3 cm³/mol. The van der Waals surface area contributed by atoms with E-state index in [4.69, 9.17) is 11.6 Å². The van der Waals surface area contributed by atoms with Crippen LogP contribution in [-0.2, 0) is 6.42 Å². The van der Waals surface area contributed by atoms with Crippen LogP contribution in [0.5, 0.6) is 0 Å². The zero-order valence-corrected chi connectivity index (χ0v) is 9.67. The molecule has 1 heterocycles. The summed E-state index contributed by atoms with van der Waals surface area (Å²) < 4.78 is 0. The van der Waals surface area contributed by atoms with Gasteiger partial charge < -0.3 is 0 Å². The fourth-order valence-electron chi connectivity index (χ4n) is 1.59. The molecule has 0 spiro atoms. The average Bonchev–Trinajstić information content (AvgIpc) is 2.20. The van der Waals surface area contributed by atoms with Gasteiger partial charge in [-0.1, -0.05) is 30.2 Å². The first-order chi connectivity index (χ1) is 7.20. The summed E-state index contributed by atoms with van der Waals surface area (Å²) in [7, 11) is 0. The number of hydrogen-bond donors (Lipinski definition) is 0. The monoisotopic (exact) mass is 220 g/mol. The van der Waals surface area contributed by atoms with Crippen molar-refractivity contribution in [3.05, 3.63) is 34.7 Å². The lowest BCUT2D eigenvalue weighted by Crippen LogP contribution is -1.96. The molecule has 2 aromatic rings. The lowest BCUT2D eigenvalue weighted by Gasteiger charge is -2.04. The van der Waals surface area contributed by atoms with E-state index in [1.807, 2.05) is 25.1 Å². The van der Waals surface area contributed by atoms with E-state index in [0.717, 1.165) is 29.6 Å². The fraction of sp³-hybridized carbons (Fsp3) is 0.333. The van der Waals surface area contributed by atoms with Crippen LogP contribution in [0, 0.1) is 6.92 Å². The molecule has 78 valence electrons. The molecule has 0 fully saturated rings. The normalized spacial score (nSPS) is 10.9. The van der Waals surface area contributed by atoms with Crippen molar-refractivity contribution in [3.8, 4) is 0 Å². The van der Waals surface area contributed by atoms with E-state index in [1.165, 1.54) is 5.56 Å². The molecule has 0 saturated heterocycles. The topological polar surface area (TPSA) is 25.8 Å². The molecule has 1 aromatic heterocycles. The lowest BCUT2D eigenvalue weighted by atomic mass is 10.1. The Hall–Kier alpha value is -1.15. The van der Waals surface area contributed by atoms with Crippen molar-refractivity contribution in [1.29, 1.82) is 0 Å². The van der Waals surface area contributed by atoms with Gasteiger partial charge >= 0.3 is 0 Å². The summed E-state index contributed by atoms with van der Waals surface area (Å²) in [4.78, 5) is 8.76. The number of benzene rings is 1. The maximum Gasteiger partial charge on any atom is 0.140 e. The molecule has 15 heavy (non-hydrogen) atoms. The first kappa shape index (κ1) is 10.4. The van der Waals surface area contributed by atoms with Crippen molar-refractivity contribution < 1.29 is 0 Å². The molecule has 0 radical (unpaired) electrons. The fourth-order valence-corrected chi connectivity index (χ4v) is 1.83. The van der Waals surface area contributed by atoms with E-state index in [9.17, 15) is 0 Å². The molecule has 0 aliphatic rings. The first-order valence-corrected chi connectivity index (χ1v) is 5.51. The second-order valence-electron chi connectivity index (χ2n) is 3.70. The standard InChI is InChI=1S/C12H13ClN2/c1-3-4-11-14-10-6-5-8(2)7-9(10)12(13)15-11/h5-7H,3-4H2,1-2H3. The van der Waals surface area contributed by atoms with Crippen LogP contribution in [0.25, 0.3) is 10.9 Å². The van der Waals surface area contributed by atoms with Crippen LogP contribution < -0.4 is 0 Å². The van der Waals surface area contributed by atoms with Gasteiger partial charge in [0.1, 0.15) is 11.0 Å². The number of nitrogens with zero attached hydrogens (tertiary/aromatic N) is 2.